The Morgan fingerprint density at radius 2 is 1.79 bits per heavy atom. The van der Waals surface area contributed by atoms with Crippen LogP contribution in [0.1, 0.15) is 37.0 Å². The van der Waals surface area contributed by atoms with Gasteiger partial charge in [-0.05, 0) is 30.5 Å². The molecule has 128 valence electrons. The molecule has 1 aromatic heterocycles. The van der Waals surface area contributed by atoms with Crippen molar-refractivity contribution in [1.82, 2.24) is 15.2 Å². The zero-order valence-electron chi connectivity index (χ0n) is 13.7. The Labute approximate surface area is 155 Å². The van der Waals surface area contributed by atoms with E-state index >= 15 is 0 Å². The van der Waals surface area contributed by atoms with Crippen LogP contribution in [0.15, 0.2) is 23.3 Å². The van der Waals surface area contributed by atoms with E-state index in [1.165, 1.54) is 4.68 Å². The molecule has 0 aliphatic carbocycles. The van der Waals surface area contributed by atoms with Gasteiger partial charge in [-0.1, -0.05) is 55.6 Å². The van der Waals surface area contributed by atoms with Crippen molar-refractivity contribution < 1.29 is 4.79 Å². The van der Waals surface area contributed by atoms with Gasteiger partial charge in [-0.3, -0.25) is 4.79 Å². The molecule has 0 unspecified atom stereocenters. The molecule has 1 N–H and O–H groups in total. The van der Waals surface area contributed by atoms with Crippen molar-refractivity contribution in [3.8, 4) is 5.69 Å². The summed E-state index contributed by atoms with van der Waals surface area (Å²) in [4.78, 5) is 12.2. The molecule has 1 aromatic carbocycles. The number of hydrazone groups is 1. The normalized spacial score (nSPS) is 12.0. The molecule has 0 aliphatic heterocycles. The summed E-state index contributed by atoms with van der Waals surface area (Å²) in [5, 5.41) is 9.31. The third-order valence-electron chi connectivity index (χ3n) is 2.93. The van der Waals surface area contributed by atoms with Crippen molar-refractivity contribution in [2.24, 2.45) is 10.5 Å². The van der Waals surface area contributed by atoms with Crippen LogP contribution in [0.25, 0.3) is 5.69 Å². The third kappa shape index (κ3) is 4.50. The Kier molecular flexibility index (Phi) is 5.58. The van der Waals surface area contributed by atoms with Gasteiger partial charge in [0.05, 0.1) is 10.0 Å². The van der Waals surface area contributed by atoms with Crippen LogP contribution >= 0.6 is 34.8 Å². The average Bonchev–Trinajstić information content (AvgIpc) is 2.78. The molecule has 5 nitrogen and oxygen atoms in total. The Morgan fingerprint density at radius 3 is 2.33 bits per heavy atom. The van der Waals surface area contributed by atoms with Crippen molar-refractivity contribution in [1.29, 1.82) is 0 Å². The average molecular weight is 388 g/mol. The largest absolute Gasteiger partial charge is 0.291 e. The summed E-state index contributed by atoms with van der Waals surface area (Å²) >= 11 is 18.3. The van der Waals surface area contributed by atoms with Crippen LogP contribution in [0, 0.1) is 12.3 Å². The fourth-order valence-electron chi connectivity index (χ4n) is 1.89. The van der Waals surface area contributed by atoms with Gasteiger partial charge in [0.1, 0.15) is 5.69 Å². The minimum absolute atomic E-state index is 0.132. The second-order valence-electron chi connectivity index (χ2n) is 6.37. The van der Waals surface area contributed by atoms with Crippen LogP contribution in [0.2, 0.25) is 15.1 Å². The quantitative estimate of drug-likeness (QED) is 0.601. The van der Waals surface area contributed by atoms with Gasteiger partial charge in [0.15, 0.2) is 5.69 Å². The second kappa shape index (κ2) is 7.13. The predicted octanol–water partition coefficient (Wildman–Crippen LogP) is 4.90. The van der Waals surface area contributed by atoms with E-state index in [4.69, 9.17) is 34.8 Å². The molecular weight excluding hydrogens is 371 g/mol. The Balaban J connectivity index is 2.31. The summed E-state index contributed by atoms with van der Waals surface area (Å²) in [6, 6.07) is 4.76. The van der Waals surface area contributed by atoms with Gasteiger partial charge >= 0.3 is 0 Å². The summed E-state index contributed by atoms with van der Waals surface area (Å²) in [7, 11) is 0. The fraction of sp³-hybridized carbons (Fsp3) is 0.312. The van der Waals surface area contributed by atoms with E-state index in [0.29, 0.717) is 26.4 Å². The Morgan fingerprint density at radius 1 is 1.21 bits per heavy atom. The molecule has 0 radical (unpaired) electrons. The lowest BCUT2D eigenvalue weighted by Gasteiger charge is -2.10. The van der Waals surface area contributed by atoms with Crippen molar-refractivity contribution in [2.75, 3.05) is 0 Å². The molecule has 0 fully saturated rings. The van der Waals surface area contributed by atoms with Crippen molar-refractivity contribution in [3.05, 3.63) is 44.7 Å². The lowest BCUT2D eigenvalue weighted by atomic mass is 9.99. The van der Waals surface area contributed by atoms with E-state index in [0.717, 1.165) is 0 Å². The maximum Gasteiger partial charge on any atom is 0.291 e. The van der Waals surface area contributed by atoms with Crippen LogP contribution in [0.3, 0.4) is 0 Å². The topological polar surface area (TPSA) is 59.3 Å². The maximum atomic E-state index is 12.2. The van der Waals surface area contributed by atoms with Gasteiger partial charge in [-0.15, -0.1) is 0 Å². The van der Waals surface area contributed by atoms with E-state index < -0.39 is 5.91 Å². The minimum atomic E-state index is -0.418. The monoisotopic (exact) mass is 386 g/mol. The number of hydrogen-bond donors (Lipinski definition) is 1. The maximum absolute atomic E-state index is 12.2. The molecule has 0 aliphatic rings. The molecule has 0 atom stereocenters. The highest BCUT2D eigenvalue weighted by molar-refractivity contribution is 6.40. The fourth-order valence-corrected chi connectivity index (χ4v) is 2.87. The predicted molar refractivity (Wildman–Crippen MR) is 98.7 cm³/mol. The molecule has 1 heterocycles. The number of hydrogen-bond acceptors (Lipinski definition) is 3. The van der Waals surface area contributed by atoms with Gasteiger partial charge < -0.3 is 0 Å². The van der Waals surface area contributed by atoms with Crippen molar-refractivity contribution >= 4 is 46.9 Å². The number of aryl methyl sites for hydroxylation is 1. The van der Waals surface area contributed by atoms with Gasteiger partial charge in [-0.25, -0.2) is 10.1 Å². The first-order valence-electron chi connectivity index (χ1n) is 7.14. The molecule has 8 heteroatoms. The highest BCUT2D eigenvalue weighted by Gasteiger charge is 2.17. The van der Waals surface area contributed by atoms with Crippen LogP contribution in [0.4, 0.5) is 0 Å². The Hall–Kier alpha value is -1.56. The smallest absolute Gasteiger partial charge is 0.265 e. The van der Waals surface area contributed by atoms with Crippen LogP contribution in [-0.4, -0.2) is 21.9 Å². The SMILES string of the molecule is Cc1cc(C(=O)NN=CC(C)(C)C)nn1-c1c(Cl)cc(Cl)cc1Cl. The summed E-state index contributed by atoms with van der Waals surface area (Å²) in [6.07, 6.45) is 1.65. The first kappa shape index (κ1) is 18.8. The van der Waals surface area contributed by atoms with Gasteiger partial charge in [0.2, 0.25) is 0 Å². The minimum Gasteiger partial charge on any atom is -0.265 e. The number of nitrogens with zero attached hydrogens (tertiary/aromatic N) is 3. The van der Waals surface area contributed by atoms with E-state index in [-0.39, 0.29) is 11.1 Å². The highest BCUT2D eigenvalue weighted by Crippen LogP contribution is 2.32. The van der Waals surface area contributed by atoms with Crippen molar-refractivity contribution in [3.63, 3.8) is 0 Å². The number of aromatic nitrogens is 2. The van der Waals surface area contributed by atoms with Crippen molar-refractivity contribution in [2.45, 2.75) is 27.7 Å². The first-order valence-corrected chi connectivity index (χ1v) is 8.28. The summed E-state index contributed by atoms with van der Waals surface area (Å²) in [5.74, 6) is -0.418. The molecule has 1 amide bonds. The zero-order valence-corrected chi connectivity index (χ0v) is 16.0. The number of carbonyl (C=O) groups is 1. The number of amides is 1. The molecule has 0 spiro atoms. The molecule has 24 heavy (non-hydrogen) atoms. The van der Waals surface area contributed by atoms with E-state index in [2.05, 4.69) is 15.6 Å². The number of rotatable bonds is 3. The van der Waals surface area contributed by atoms with Crippen LogP contribution < -0.4 is 5.43 Å². The van der Waals surface area contributed by atoms with Crippen LogP contribution in [0.5, 0.6) is 0 Å². The molecule has 2 aromatic rings. The van der Waals surface area contributed by atoms with E-state index in [9.17, 15) is 4.79 Å². The van der Waals surface area contributed by atoms with Gasteiger partial charge in [-0.2, -0.15) is 10.2 Å². The summed E-state index contributed by atoms with van der Waals surface area (Å²) in [6.45, 7) is 7.73. The summed E-state index contributed by atoms with van der Waals surface area (Å²) in [5.41, 5.74) is 3.70. The third-order valence-corrected chi connectivity index (χ3v) is 3.73. The molecular formula is C16H17Cl3N4O. The first-order chi connectivity index (χ1) is 11.1. The van der Waals surface area contributed by atoms with E-state index in [1.54, 1.807) is 31.3 Å². The molecule has 0 saturated carbocycles. The number of benzene rings is 1. The molecule has 2 rings (SSSR count). The summed E-state index contributed by atoms with van der Waals surface area (Å²) < 4.78 is 1.50. The lowest BCUT2D eigenvalue weighted by molar-refractivity contribution is 0.0949. The number of nitrogens with one attached hydrogen (secondary N) is 1. The molecule has 0 bridgehead atoms. The molecule has 0 saturated heterocycles. The number of carbonyl (C=O) groups excluding carboxylic acids is 1. The standard InChI is InChI=1S/C16H17Cl3N4O/c1-9-5-13(15(24)21-20-8-16(2,3)4)22-23(9)14-11(18)6-10(17)7-12(14)19/h5-8H,1-4H3,(H,21,24). The lowest BCUT2D eigenvalue weighted by Crippen LogP contribution is -2.20. The second-order valence-corrected chi connectivity index (χ2v) is 7.62. The highest BCUT2D eigenvalue weighted by atomic mass is 35.5. The number of halogens is 3. The van der Waals surface area contributed by atoms with Gasteiger partial charge in [0.25, 0.3) is 5.91 Å². The van der Waals surface area contributed by atoms with Crippen LogP contribution in [-0.2, 0) is 0 Å². The zero-order chi connectivity index (χ0) is 18.1. The van der Waals surface area contributed by atoms with Gasteiger partial charge in [0, 0.05) is 16.9 Å². The Bertz CT molecular complexity index is 783. The van der Waals surface area contributed by atoms with E-state index in [1.807, 2.05) is 20.8 Å².